The van der Waals surface area contributed by atoms with E-state index in [9.17, 15) is 9.59 Å². The number of thiophene rings is 1. The number of fused-ring (bicyclic) bond motifs is 1. The number of benzene rings is 1. The van der Waals surface area contributed by atoms with E-state index in [0.29, 0.717) is 13.1 Å². The Kier molecular flexibility index (Phi) is 5.72. The van der Waals surface area contributed by atoms with Gasteiger partial charge in [-0.2, -0.15) is 0 Å². The SMILES string of the molecule is C=CCN(CC(=O)N1CCc2sccc2[C@@H]1c1ccc(OC)cc1)C(=O)C1CC1. The van der Waals surface area contributed by atoms with Gasteiger partial charge in [0.2, 0.25) is 11.8 Å². The van der Waals surface area contributed by atoms with Gasteiger partial charge in [-0.3, -0.25) is 9.59 Å². The second-order valence-corrected chi connectivity index (χ2v) is 8.59. The monoisotopic (exact) mass is 410 g/mol. The first kappa shape index (κ1) is 19.7. The number of hydrogen-bond donors (Lipinski definition) is 0. The minimum atomic E-state index is -0.134. The van der Waals surface area contributed by atoms with Crippen LogP contribution < -0.4 is 4.74 Å². The van der Waals surface area contributed by atoms with E-state index in [1.165, 1.54) is 10.4 Å². The van der Waals surface area contributed by atoms with E-state index in [2.05, 4.69) is 18.0 Å². The Morgan fingerprint density at radius 1 is 1.28 bits per heavy atom. The van der Waals surface area contributed by atoms with Gasteiger partial charge in [-0.1, -0.05) is 18.2 Å². The molecule has 6 heteroatoms. The first-order valence-electron chi connectivity index (χ1n) is 10.0. The second kappa shape index (κ2) is 8.41. The van der Waals surface area contributed by atoms with E-state index < -0.39 is 0 Å². The maximum Gasteiger partial charge on any atom is 0.243 e. The first-order chi connectivity index (χ1) is 14.1. The first-order valence-corrected chi connectivity index (χ1v) is 10.9. The van der Waals surface area contributed by atoms with Gasteiger partial charge in [0.1, 0.15) is 12.3 Å². The average molecular weight is 411 g/mol. The quantitative estimate of drug-likeness (QED) is 0.655. The zero-order valence-electron chi connectivity index (χ0n) is 16.7. The van der Waals surface area contributed by atoms with Gasteiger partial charge in [0.05, 0.1) is 13.2 Å². The van der Waals surface area contributed by atoms with E-state index in [1.54, 1.807) is 29.4 Å². The maximum atomic E-state index is 13.3. The van der Waals surface area contributed by atoms with Gasteiger partial charge >= 0.3 is 0 Å². The van der Waals surface area contributed by atoms with Crippen molar-refractivity contribution < 1.29 is 14.3 Å². The predicted molar refractivity (Wildman–Crippen MR) is 114 cm³/mol. The molecule has 0 bridgehead atoms. The highest BCUT2D eigenvalue weighted by Crippen LogP contribution is 2.38. The minimum Gasteiger partial charge on any atom is -0.497 e. The molecule has 1 fully saturated rings. The highest BCUT2D eigenvalue weighted by atomic mass is 32.1. The van der Waals surface area contributed by atoms with Gasteiger partial charge in [0.25, 0.3) is 0 Å². The highest BCUT2D eigenvalue weighted by molar-refractivity contribution is 7.10. The van der Waals surface area contributed by atoms with Gasteiger partial charge in [-0.15, -0.1) is 17.9 Å². The van der Waals surface area contributed by atoms with E-state index in [1.807, 2.05) is 29.2 Å². The zero-order valence-corrected chi connectivity index (χ0v) is 17.5. The Labute approximate surface area is 175 Å². The Hall–Kier alpha value is -2.60. The lowest BCUT2D eigenvalue weighted by Crippen LogP contribution is -2.47. The molecule has 2 amide bonds. The number of methoxy groups -OCH3 is 1. The number of hydrogen-bond acceptors (Lipinski definition) is 4. The van der Waals surface area contributed by atoms with Gasteiger partial charge in [0, 0.05) is 23.9 Å². The molecule has 1 aromatic heterocycles. The van der Waals surface area contributed by atoms with Crippen LogP contribution in [0.1, 0.15) is 34.9 Å². The lowest BCUT2D eigenvalue weighted by Gasteiger charge is -2.37. The minimum absolute atomic E-state index is 0.0153. The molecule has 0 spiro atoms. The van der Waals surface area contributed by atoms with Crippen LogP contribution in [-0.2, 0) is 16.0 Å². The molecule has 152 valence electrons. The molecule has 5 nitrogen and oxygen atoms in total. The fourth-order valence-corrected chi connectivity index (χ4v) is 4.87. The van der Waals surface area contributed by atoms with E-state index in [0.717, 1.165) is 30.6 Å². The normalized spacial score (nSPS) is 18.1. The van der Waals surface area contributed by atoms with Crippen LogP contribution in [0, 0.1) is 5.92 Å². The van der Waals surface area contributed by atoms with Crippen LogP contribution in [0.25, 0.3) is 0 Å². The van der Waals surface area contributed by atoms with Crippen LogP contribution in [-0.4, -0.2) is 48.4 Å². The summed E-state index contributed by atoms with van der Waals surface area (Å²) in [5.41, 5.74) is 2.24. The molecule has 0 unspecified atom stereocenters. The van der Waals surface area contributed by atoms with Gasteiger partial charge in [-0.25, -0.2) is 0 Å². The summed E-state index contributed by atoms with van der Waals surface area (Å²) in [6.07, 6.45) is 4.40. The highest BCUT2D eigenvalue weighted by Gasteiger charge is 2.37. The Morgan fingerprint density at radius 2 is 2.03 bits per heavy atom. The van der Waals surface area contributed by atoms with Crippen molar-refractivity contribution in [1.82, 2.24) is 9.80 Å². The number of carbonyl (C=O) groups is 2. The van der Waals surface area contributed by atoms with Gasteiger partial charge in [-0.05, 0) is 54.0 Å². The molecule has 29 heavy (non-hydrogen) atoms. The summed E-state index contributed by atoms with van der Waals surface area (Å²) in [4.78, 5) is 30.8. The van der Waals surface area contributed by atoms with Crippen LogP contribution in [0.15, 0.2) is 48.4 Å². The summed E-state index contributed by atoms with van der Waals surface area (Å²) in [7, 11) is 1.65. The summed E-state index contributed by atoms with van der Waals surface area (Å²) in [6, 6.07) is 9.88. The summed E-state index contributed by atoms with van der Waals surface area (Å²) in [5, 5.41) is 2.09. The smallest absolute Gasteiger partial charge is 0.243 e. The third-order valence-electron chi connectivity index (χ3n) is 5.63. The largest absolute Gasteiger partial charge is 0.497 e. The van der Waals surface area contributed by atoms with Crippen molar-refractivity contribution >= 4 is 23.2 Å². The Bertz CT molecular complexity index is 901. The predicted octanol–water partition coefficient (Wildman–Crippen LogP) is 3.66. The molecule has 0 N–H and O–H groups in total. The van der Waals surface area contributed by atoms with Crippen molar-refractivity contribution in [1.29, 1.82) is 0 Å². The molecule has 4 rings (SSSR count). The molecule has 1 saturated carbocycles. The third kappa shape index (κ3) is 4.08. The molecule has 1 atom stereocenters. The molecule has 2 aliphatic rings. The van der Waals surface area contributed by atoms with Crippen LogP contribution in [0.2, 0.25) is 0 Å². The average Bonchev–Trinajstić information content (AvgIpc) is 3.49. The number of amides is 2. The molecule has 1 aliphatic heterocycles. The van der Waals surface area contributed by atoms with Gasteiger partial charge < -0.3 is 14.5 Å². The van der Waals surface area contributed by atoms with Crippen molar-refractivity contribution in [2.24, 2.45) is 5.92 Å². The van der Waals surface area contributed by atoms with Crippen LogP contribution in [0.3, 0.4) is 0 Å². The molecule has 0 radical (unpaired) electrons. The standard InChI is InChI=1S/C23H26N2O3S/c1-3-12-24(23(27)17-4-5-17)15-21(26)25-13-10-20-19(11-14-29-20)22(25)16-6-8-18(28-2)9-7-16/h3,6-9,11,14,17,22H,1,4-5,10,12-13,15H2,2H3/t22-/m0/s1. The lowest BCUT2D eigenvalue weighted by atomic mass is 9.93. The van der Waals surface area contributed by atoms with Crippen molar-refractivity contribution in [2.75, 3.05) is 26.7 Å². The molecule has 0 saturated heterocycles. The molecule has 1 aromatic carbocycles. The number of carbonyl (C=O) groups excluding carboxylic acids is 2. The molecule has 2 heterocycles. The fraction of sp³-hybridized carbons (Fsp3) is 0.391. The third-order valence-corrected chi connectivity index (χ3v) is 6.63. The number of nitrogens with zero attached hydrogens (tertiary/aromatic N) is 2. The van der Waals surface area contributed by atoms with E-state index >= 15 is 0 Å². The molecule has 2 aromatic rings. The van der Waals surface area contributed by atoms with E-state index in [4.69, 9.17) is 4.74 Å². The molecular weight excluding hydrogens is 384 g/mol. The van der Waals surface area contributed by atoms with Crippen molar-refractivity contribution in [3.8, 4) is 5.75 Å². The number of rotatable bonds is 7. The Morgan fingerprint density at radius 3 is 2.69 bits per heavy atom. The number of ether oxygens (including phenoxy) is 1. The molecular formula is C23H26N2O3S. The fourth-order valence-electron chi connectivity index (χ4n) is 3.96. The summed E-state index contributed by atoms with van der Waals surface area (Å²) in [6.45, 7) is 4.92. The van der Waals surface area contributed by atoms with Crippen molar-refractivity contribution in [2.45, 2.75) is 25.3 Å². The summed E-state index contributed by atoms with van der Waals surface area (Å²) in [5.74, 6) is 0.941. The van der Waals surface area contributed by atoms with E-state index in [-0.39, 0.29) is 30.3 Å². The lowest BCUT2D eigenvalue weighted by molar-refractivity contribution is -0.142. The Balaban J connectivity index is 1.60. The summed E-state index contributed by atoms with van der Waals surface area (Å²) < 4.78 is 5.29. The molecule has 1 aliphatic carbocycles. The zero-order chi connectivity index (χ0) is 20.4. The van der Waals surface area contributed by atoms with Crippen LogP contribution in [0.4, 0.5) is 0 Å². The van der Waals surface area contributed by atoms with Crippen LogP contribution in [0.5, 0.6) is 5.75 Å². The second-order valence-electron chi connectivity index (χ2n) is 7.59. The van der Waals surface area contributed by atoms with Crippen molar-refractivity contribution in [3.05, 3.63) is 64.4 Å². The van der Waals surface area contributed by atoms with Crippen LogP contribution >= 0.6 is 11.3 Å². The topological polar surface area (TPSA) is 49.9 Å². The summed E-state index contributed by atoms with van der Waals surface area (Å²) >= 11 is 1.74. The van der Waals surface area contributed by atoms with Gasteiger partial charge in [0.15, 0.2) is 0 Å². The van der Waals surface area contributed by atoms with Crippen molar-refractivity contribution in [3.63, 3.8) is 0 Å². The maximum absolute atomic E-state index is 13.3.